The Kier molecular flexibility index (Phi) is 4.83. The van der Waals surface area contributed by atoms with Crippen molar-refractivity contribution in [3.05, 3.63) is 47.7 Å². The number of ether oxygens (including phenoxy) is 1. The molecule has 0 aliphatic carbocycles. The number of nitrogens with zero attached hydrogens (tertiary/aromatic N) is 2. The van der Waals surface area contributed by atoms with Crippen LogP contribution < -0.4 is 15.0 Å². The molecule has 1 fully saturated rings. The van der Waals surface area contributed by atoms with Gasteiger partial charge in [0.05, 0.1) is 19.0 Å². The fourth-order valence-electron chi connectivity index (χ4n) is 2.81. The van der Waals surface area contributed by atoms with Gasteiger partial charge in [-0.25, -0.2) is 9.78 Å². The van der Waals surface area contributed by atoms with E-state index in [1.54, 1.807) is 31.4 Å². The van der Waals surface area contributed by atoms with Gasteiger partial charge in [0.15, 0.2) is 0 Å². The topological polar surface area (TPSA) is 91.8 Å². The number of methoxy groups -OCH3 is 1. The normalized spacial score (nSPS) is 13.6. The zero-order valence-electron chi connectivity index (χ0n) is 13.9. The molecule has 7 nitrogen and oxygen atoms in total. The predicted octanol–water partition coefficient (Wildman–Crippen LogP) is 2.64. The van der Waals surface area contributed by atoms with Gasteiger partial charge >= 0.3 is 5.97 Å². The first-order chi connectivity index (χ1) is 12.1. The Bertz CT molecular complexity index is 783. The molecule has 3 rings (SSSR count). The fourth-order valence-corrected chi connectivity index (χ4v) is 2.81. The third-order valence-electron chi connectivity index (χ3n) is 4.11. The summed E-state index contributed by atoms with van der Waals surface area (Å²) in [4.78, 5) is 30.1. The van der Waals surface area contributed by atoms with Crippen molar-refractivity contribution in [2.24, 2.45) is 0 Å². The third kappa shape index (κ3) is 3.71. The van der Waals surface area contributed by atoms with E-state index in [0.717, 1.165) is 25.9 Å². The lowest BCUT2D eigenvalue weighted by atomic mass is 10.2. The summed E-state index contributed by atoms with van der Waals surface area (Å²) in [6.07, 6.45) is 3.54. The molecule has 0 spiro atoms. The molecule has 0 saturated carbocycles. The molecule has 130 valence electrons. The number of rotatable bonds is 5. The van der Waals surface area contributed by atoms with Crippen molar-refractivity contribution >= 4 is 23.4 Å². The zero-order valence-corrected chi connectivity index (χ0v) is 13.9. The van der Waals surface area contributed by atoms with E-state index in [1.165, 1.54) is 12.3 Å². The van der Waals surface area contributed by atoms with Crippen LogP contribution in [0, 0.1) is 0 Å². The Hall–Kier alpha value is -3.09. The van der Waals surface area contributed by atoms with E-state index < -0.39 is 5.97 Å². The van der Waals surface area contributed by atoms with E-state index in [-0.39, 0.29) is 11.5 Å². The summed E-state index contributed by atoms with van der Waals surface area (Å²) in [7, 11) is 1.55. The van der Waals surface area contributed by atoms with Crippen LogP contribution in [0.25, 0.3) is 0 Å². The van der Waals surface area contributed by atoms with Gasteiger partial charge in [-0.1, -0.05) is 0 Å². The minimum atomic E-state index is -1.06. The van der Waals surface area contributed by atoms with E-state index in [0.29, 0.717) is 22.8 Å². The second-order valence-corrected chi connectivity index (χ2v) is 5.78. The summed E-state index contributed by atoms with van der Waals surface area (Å²) in [5.41, 5.74) is 0.886. The number of nitrogens with one attached hydrogen (secondary N) is 1. The van der Waals surface area contributed by atoms with Gasteiger partial charge in [0, 0.05) is 18.7 Å². The van der Waals surface area contributed by atoms with Gasteiger partial charge in [0.1, 0.15) is 17.1 Å². The van der Waals surface area contributed by atoms with Crippen molar-refractivity contribution in [3.8, 4) is 5.75 Å². The largest absolute Gasteiger partial charge is 0.497 e. The summed E-state index contributed by atoms with van der Waals surface area (Å²) in [5.74, 6) is -0.293. The summed E-state index contributed by atoms with van der Waals surface area (Å²) >= 11 is 0. The van der Waals surface area contributed by atoms with Crippen LogP contribution in [0.15, 0.2) is 36.5 Å². The first-order valence-corrected chi connectivity index (χ1v) is 8.02. The highest BCUT2D eigenvalue weighted by atomic mass is 16.5. The number of aromatic nitrogens is 1. The fraction of sp³-hybridized carbons (Fsp3) is 0.278. The van der Waals surface area contributed by atoms with Gasteiger partial charge in [-0.05, 0) is 43.2 Å². The van der Waals surface area contributed by atoms with E-state index in [4.69, 9.17) is 4.74 Å². The maximum Gasteiger partial charge on any atom is 0.339 e. The number of pyridine rings is 1. The first-order valence-electron chi connectivity index (χ1n) is 8.02. The summed E-state index contributed by atoms with van der Waals surface area (Å²) < 4.78 is 5.06. The number of benzene rings is 1. The molecule has 0 unspecified atom stereocenters. The molecular weight excluding hydrogens is 322 g/mol. The molecule has 1 aliphatic rings. The maximum atomic E-state index is 12.3. The standard InChI is InChI=1S/C18H19N3O4/c1-25-14-6-4-12(5-7-14)17(22)20-13-10-15(18(23)24)16(19-11-13)21-8-2-3-9-21/h4-7,10-11H,2-3,8-9H2,1H3,(H,20,22)(H,23,24). The third-order valence-corrected chi connectivity index (χ3v) is 4.11. The molecule has 2 aromatic rings. The minimum absolute atomic E-state index is 0.0921. The summed E-state index contributed by atoms with van der Waals surface area (Å²) in [6, 6.07) is 8.10. The monoisotopic (exact) mass is 341 g/mol. The number of hydrogen-bond acceptors (Lipinski definition) is 5. The molecule has 2 N–H and O–H groups in total. The Labute approximate surface area is 145 Å². The molecule has 0 bridgehead atoms. The zero-order chi connectivity index (χ0) is 17.8. The van der Waals surface area contributed by atoms with Crippen LogP contribution >= 0.6 is 0 Å². The average Bonchev–Trinajstić information content (AvgIpc) is 3.16. The number of carboxylic acids is 1. The van der Waals surface area contributed by atoms with E-state index >= 15 is 0 Å². The van der Waals surface area contributed by atoms with Gasteiger partial charge in [-0.15, -0.1) is 0 Å². The maximum absolute atomic E-state index is 12.3. The second-order valence-electron chi connectivity index (χ2n) is 5.78. The van der Waals surface area contributed by atoms with Crippen LogP contribution in [-0.4, -0.2) is 42.2 Å². The van der Waals surface area contributed by atoms with Crippen LogP contribution in [0.4, 0.5) is 11.5 Å². The molecular formula is C18H19N3O4. The van der Waals surface area contributed by atoms with Gasteiger partial charge in [-0.2, -0.15) is 0 Å². The Morgan fingerprint density at radius 2 is 1.88 bits per heavy atom. The lowest BCUT2D eigenvalue weighted by molar-refractivity contribution is 0.0697. The molecule has 0 atom stereocenters. The highest BCUT2D eigenvalue weighted by molar-refractivity contribution is 6.05. The van der Waals surface area contributed by atoms with Crippen molar-refractivity contribution < 1.29 is 19.4 Å². The van der Waals surface area contributed by atoms with E-state index in [2.05, 4.69) is 10.3 Å². The van der Waals surface area contributed by atoms with Gasteiger partial charge < -0.3 is 20.1 Å². The van der Waals surface area contributed by atoms with Crippen molar-refractivity contribution in [1.82, 2.24) is 4.98 Å². The number of carboxylic acid groups (broad SMARTS) is 1. The first kappa shape index (κ1) is 16.8. The van der Waals surface area contributed by atoms with E-state index in [1.807, 2.05) is 4.90 Å². The van der Waals surface area contributed by atoms with Crippen molar-refractivity contribution in [2.45, 2.75) is 12.8 Å². The van der Waals surface area contributed by atoms with Crippen LogP contribution in [0.1, 0.15) is 33.6 Å². The number of anilines is 2. The van der Waals surface area contributed by atoms with Gasteiger partial charge in [0.2, 0.25) is 0 Å². The molecule has 2 heterocycles. The van der Waals surface area contributed by atoms with Crippen molar-refractivity contribution in [3.63, 3.8) is 0 Å². The SMILES string of the molecule is COc1ccc(C(=O)Nc2cnc(N3CCCC3)c(C(=O)O)c2)cc1. The number of carbonyl (C=O) groups is 2. The molecule has 1 aliphatic heterocycles. The Morgan fingerprint density at radius 1 is 1.20 bits per heavy atom. The smallest absolute Gasteiger partial charge is 0.339 e. The minimum Gasteiger partial charge on any atom is -0.497 e. The predicted molar refractivity (Wildman–Crippen MR) is 93.6 cm³/mol. The summed E-state index contributed by atoms with van der Waals surface area (Å²) in [6.45, 7) is 1.59. The van der Waals surface area contributed by atoms with Crippen molar-refractivity contribution in [1.29, 1.82) is 0 Å². The van der Waals surface area contributed by atoms with Crippen molar-refractivity contribution in [2.75, 3.05) is 30.4 Å². The van der Waals surface area contributed by atoms with Crippen LogP contribution in [-0.2, 0) is 0 Å². The molecule has 1 aromatic carbocycles. The van der Waals surface area contributed by atoms with Crippen LogP contribution in [0.3, 0.4) is 0 Å². The average molecular weight is 341 g/mol. The number of hydrogen-bond donors (Lipinski definition) is 2. The number of aromatic carboxylic acids is 1. The summed E-state index contributed by atoms with van der Waals surface area (Å²) in [5, 5.41) is 12.2. The van der Waals surface area contributed by atoms with Crippen LogP contribution in [0.2, 0.25) is 0 Å². The molecule has 0 radical (unpaired) electrons. The highest BCUT2D eigenvalue weighted by Crippen LogP contribution is 2.25. The van der Waals surface area contributed by atoms with Gasteiger partial charge in [-0.3, -0.25) is 4.79 Å². The lowest BCUT2D eigenvalue weighted by Gasteiger charge is -2.19. The van der Waals surface area contributed by atoms with Crippen LogP contribution in [0.5, 0.6) is 5.75 Å². The molecule has 1 aromatic heterocycles. The molecule has 1 saturated heterocycles. The number of carbonyl (C=O) groups excluding carboxylic acids is 1. The lowest BCUT2D eigenvalue weighted by Crippen LogP contribution is -2.22. The molecule has 1 amide bonds. The Balaban J connectivity index is 1.80. The van der Waals surface area contributed by atoms with E-state index in [9.17, 15) is 14.7 Å². The number of amides is 1. The highest BCUT2D eigenvalue weighted by Gasteiger charge is 2.21. The Morgan fingerprint density at radius 3 is 2.48 bits per heavy atom. The molecule has 7 heteroatoms. The quantitative estimate of drug-likeness (QED) is 0.869. The molecule has 25 heavy (non-hydrogen) atoms. The van der Waals surface area contributed by atoms with Gasteiger partial charge in [0.25, 0.3) is 5.91 Å². The second kappa shape index (κ2) is 7.21.